The largest absolute Gasteiger partial charge is 0.279 e. The lowest BCUT2D eigenvalue weighted by Crippen LogP contribution is -2.17. The Labute approximate surface area is 123 Å². The summed E-state index contributed by atoms with van der Waals surface area (Å²) in [6, 6.07) is 12.0. The minimum Gasteiger partial charge on any atom is -0.279 e. The zero-order valence-electron chi connectivity index (χ0n) is 11.1. The van der Waals surface area contributed by atoms with Crippen molar-refractivity contribution in [2.24, 2.45) is 5.14 Å². The molecule has 2 rings (SSSR count). The van der Waals surface area contributed by atoms with Crippen molar-refractivity contribution in [2.45, 2.75) is 16.7 Å². The van der Waals surface area contributed by atoms with Crippen molar-refractivity contribution in [1.82, 2.24) is 0 Å². The number of anilines is 1. The Kier molecular flexibility index (Phi) is 4.04. The van der Waals surface area contributed by atoms with E-state index in [0.717, 1.165) is 0 Å². The van der Waals surface area contributed by atoms with Crippen LogP contribution >= 0.6 is 0 Å². The van der Waals surface area contributed by atoms with Crippen molar-refractivity contribution < 1.29 is 16.8 Å². The summed E-state index contributed by atoms with van der Waals surface area (Å²) in [5.41, 5.74) is 0.421. The molecule has 21 heavy (non-hydrogen) atoms. The van der Waals surface area contributed by atoms with Crippen LogP contribution in [0.1, 0.15) is 5.56 Å². The van der Waals surface area contributed by atoms with E-state index in [0.29, 0.717) is 0 Å². The van der Waals surface area contributed by atoms with Crippen molar-refractivity contribution >= 4 is 25.7 Å². The molecule has 2 aromatic rings. The summed E-state index contributed by atoms with van der Waals surface area (Å²) in [4.78, 5) is -0.0267. The molecular formula is C13H14N2O4S2. The third-order valence-corrected chi connectivity index (χ3v) is 5.33. The van der Waals surface area contributed by atoms with Gasteiger partial charge in [0.15, 0.2) is 0 Å². The van der Waals surface area contributed by atoms with E-state index < -0.39 is 20.0 Å². The first kappa shape index (κ1) is 15.5. The number of nitrogens with two attached hydrogens (primary N) is 1. The highest BCUT2D eigenvalue weighted by Gasteiger charge is 2.18. The van der Waals surface area contributed by atoms with Crippen LogP contribution in [0.4, 0.5) is 5.69 Å². The lowest BCUT2D eigenvalue weighted by Gasteiger charge is -2.12. The summed E-state index contributed by atoms with van der Waals surface area (Å²) in [5, 5.41) is 5.10. The highest BCUT2D eigenvalue weighted by molar-refractivity contribution is 7.92. The lowest BCUT2D eigenvalue weighted by molar-refractivity contribution is 0.596. The molecule has 0 amide bonds. The number of benzene rings is 2. The molecule has 0 aromatic heterocycles. The van der Waals surface area contributed by atoms with Gasteiger partial charge in [-0.05, 0) is 36.8 Å². The van der Waals surface area contributed by atoms with Gasteiger partial charge in [0, 0.05) is 0 Å². The summed E-state index contributed by atoms with van der Waals surface area (Å²) in [7, 11) is -7.69. The zero-order valence-corrected chi connectivity index (χ0v) is 12.8. The third-order valence-electron chi connectivity index (χ3n) is 2.89. The molecule has 0 fully saturated rings. The predicted octanol–water partition coefficient (Wildman–Crippen LogP) is 1.44. The average molecular weight is 326 g/mol. The van der Waals surface area contributed by atoms with Gasteiger partial charge in [-0.1, -0.05) is 24.3 Å². The van der Waals surface area contributed by atoms with Crippen molar-refractivity contribution in [3.05, 3.63) is 54.1 Å². The summed E-state index contributed by atoms with van der Waals surface area (Å²) in [5.74, 6) is 0. The summed E-state index contributed by atoms with van der Waals surface area (Å²) in [6.07, 6.45) is 0. The summed E-state index contributed by atoms with van der Waals surface area (Å²) < 4.78 is 49.7. The molecule has 0 unspecified atom stereocenters. The summed E-state index contributed by atoms with van der Waals surface area (Å²) in [6.45, 7) is 1.49. The zero-order chi connectivity index (χ0) is 15.7. The van der Waals surface area contributed by atoms with Crippen LogP contribution in [0, 0.1) is 6.92 Å². The normalized spacial score (nSPS) is 12.1. The second kappa shape index (κ2) is 5.47. The molecule has 0 radical (unpaired) electrons. The van der Waals surface area contributed by atoms with Gasteiger partial charge in [0.25, 0.3) is 10.0 Å². The third kappa shape index (κ3) is 3.41. The van der Waals surface area contributed by atoms with Gasteiger partial charge in [0.05, 0.1) is 15.5 Å². The van der Waals surface area contributed by atoms with Crippen molar-refractivity contribution in [3.8, 4) is 0 Å². The number of sulfonamides is 2. The fourth-order valence-corrected chi connectivity index (χ4v) is 3.79. The van der Waals surface area contributed by atoms with Gasteiger partial charge >= 0.3 is 0 Å². The molecule has 2 aromatic carbocycles. The highest BCUT2D eigenvalue weighted by atomic mass is 32.2. The highest BCUT2D eigenvalue weighted by Crippen LogP contribution is 2.24. The topological polar surface area (TPSA) is 106 Å². The number of primary sulfonamides is 1. The minimum absolute atomic E-state index is 0.0883. The van der Waals surface area contributed by atoms with Gasteiger partial charge in [-0.15, -0.1) is 0 Å². The van der Waals surface area contributed by atoms with E-state index in [1.165, 1.54) is 37.3 Å². The quantitative estimate of drug-likeness (QED) is 0.886. The molecule has 3 N–H and O–H groups in total. The molecule has 0 saturated carbocycles. The average Bonchev–Trinajstić information content (AvgIpc) is 2.41. The van der Waals surface area contributed by atoms with E-state index in [1.54, 1.807) is 18.2 Å². The van der Waals surface area contributed by atoms with Crippen molar-refractivity contribution in [1.29, 1.82) is 0 Å². The Morgan fingerprint density at radius 2 is 1.52 bits per heavy atom. The summed E-state index contributed by atoms with van der Waals surface area (Å²) >= 11 is 0. The molecule has 0 aliphatic carbocycles. The van der Waals surface area contributed by atoms with Crippen LogP contribution in [0.15, 0.2) is 58.3 Å². The molecule has 6 nitrogen and oxygen atoms in total. The van der Waals surface area contributed by atoms with Crippen molar-refractivity contribution in [3.63, 3.8) is 0 Å². The molecule has 0 heterocycles. The number of rotatable bonds is 4. The van der Waals surface area contributed by atoms with E-state index in [9.17, 15) is 16.8 Å². The van der Waals surface area contributed by atoms with Crippen LogP contribution in [-0.2, 0) is 20.0 Å². The van der Waals surface area contributed by atoms with E-state index >= 15 is 0 Å². The second-order valence-corrected chi connectivity index (χ2v) is 7.60. The number of hydrogen-bond acceptors (Lipinski definition) is 4. The first-order chi connectivity index (χ1) is 9.72. The number of nitrogens with one attached hydrogen (secondary N) is 1. The Morgan fingerprint density at radius 3 is 2.10 bits per heavy atom. The van der Waals surface area contributed by atoms with Crippen LogP contribution in [0.25, 0.3) is 0 Å². The molecule has 8 heteroatoms. The standard InChI is InChI=1S/C13H14N2O4S2/c1-10-12(8-5-9-13(10)20(14,16)17)15-21(18,19)11-6-3-2-4-7-11/h2-9,15H,1H3,(H2,14,16,17). The van der Waals surface area contributed by atoms with Crippen molar-refractivity contribution in [2.75, 3.05) is 4.72 Å². The molecule has 0 atom stereocenters. The van der Waals surface area contributed by atoms with Gasteiger partial charge in [-0.3, -0.25) is 4.72 Å². The van der Waals surface area contributed by atoms with E-state index in [1.807, 2.05) is 0 Å². The first-order valence-electron chi connectivity index (χ1n) is 5.92. The molecule has 0 saturated heterocycles. The van der Waals surface area contributed by atoms with Gasteiger partial charge in [-0.25, -0.2) is 22.0 Å². The van der Waals surface area contributed by atoms with Crippen LogP contribution in [0.2, 0.25) is 0 Å². The minimum atomic E-state index is -3.91. The Hall–Kier alpha value is -1.90. The van der Waals surface area contributed by atoms with Crippen LogP contribution in [-0.4, -0.2) is 16.8 Å². The van der Waals surface area contributed by atoms with E-state index in [-0.39, 0.29) is 21.0 Å². The van der Waals surface area contributed by atoms with Crippen LogP contribution < -0.4 is 9.86 Å². The SMILES string of the molecule is Cc1c(NS(=O)(=O)c2ccccc2)cccc1S(N)(=O)=O. The van der Waals surface area contributed by atoms with Gasteiger partial charge < -0.3 is 0 Å². The van der Waals surface area contributed by atoms with Crippen LogP contribution in [0.3, 0.4) is 0 Å². The fourth-order valence-electron chi connectivity index (χ4n) is 1.84. The molecule has 0 aliphatic rings. The molecule has 112 valence electrons. The Balaban J connectivity index is 2.46. The maximum Gasteiger partial charge on any atom is 0.261 e. The predicted molar refractivity (Wildman–Crippen MR) is 79.8 cm³/mol. The smallest absolute Gasteiger partial charge is 0.261 e. The van der Waals surface area contributed by atoms with Crippen LogP contribution in [0.5, 0.6) is 0 Å². The molecule has 0 aliphatic heterocycles. The Morgan fingerprint density at radius 1 is 0.905 bits per heavy atom. The van der Waals surface area contributed by atoms with Gasteiger partial charge in [-0.2, -0.15) is 0 Å². The molecular weight excluding hydrogens is 312 g/mol. The fraction of sp³-hybridized carbons (Fsp3) is 0.0769. The van der Waals surface area contributed by atoms with E-state index in [4.69, 9.17) is 5.14 Å². The maximum absolute atomic E-state index is 12.2. The van der Waals surface area contributed by atoms with Gasteiger partial charge in [0.1, 0.15) is 0 Å². The van der Waals surface area contributed by atoms with Gasteiger partial charge in [0.2, 0.25) is 10.0 Å². The molecule has 0 bridgehead atoms. The monoisotopic (exact) mass is 326 g/mol. The second-order valence-electron chi connectivity index (χ2n) is 4.39. The maximum atomic E-state index is 12.2. The molecule has 0 spiro atoms. The first-order valence-corrected chi connectivity index (χ1v) is 8.95. The van der Waals surface area contributed by atoms with E-state index in [2.05, 4.69) is 4.72 Å². The Bertz CT molecular complexity index is 860. The lowest BCUT2D eigenvalue weighted by atomic mass is 10.2. The number of hydrogen-bond donors (Lipinski definition) is 2.